The predicted octanol–water partition coefficient (Wildman–Crippen LogP) is 5.36. The number of hydrogen-bond donors (Lipinski definition) is 0. The molecule has 0 aliphatic heterocycles. The van der Waals surface area contributed by atoms with Gasteiger partial charge in [-0.25, -0.2) is 0 Å². The summed E-state index contributed by atoms with van der Waals surface area (Å²) < 4.78 is 123. The maximum absolute atomic E-state index is 12.7. The van der Waals surface area contributed by atoms with Gasteiger partial charge in [-0.05, 0) is 0 Å². The summed E-state index contributed by atoms with van der Waals surface area (Å²) in [6.45, 7) is 4.89. The zero-order chi connectivity index (χ0) is 18.7. The fourth-order valence-corrected chi connectivity index (χ4v) is 11.6. The first-order valence-electron chi connectivity index (χ1n) is 6.62. The summed E-state index contributed by atoms with van der Waals surface area (Å²) in [7, 11) is -2.64. The molecule has 0 aromatic carbocycles. The molecule has 23 heavy (non-hydrogen) atoms. The van der Waals surface area contributed by atoms with Crippen molar-refractivity contribution in [3.8, 4) is 0 Å². The zero-order valence-electron chi connectivity index (χ0n) is 12.5. The van der Waals surface area contributed by atoms with Gasteiger partial charge in [0.15, 0.2) is 0 Å². The van der Waals surface area contributed by atoms with Crippen LogP contribution in [-0.2, 0) is 24.7 Å². The van der Waals surface area contributed by atoms with Crippen molar-refractivity contribution in [1.82, 2.24) is 0 Å². The molecule has 0 radical (unpaired) electrons. The van der Waals surface area contributed by atoms with E-state index in [1.165, 1.54) is 0 Å². The van der Waals surface area contributed by atoms with E-state index < -0.39 is 50.3 Å². The van der Waals surface area contributed by atoms with Gasteiger partial charge in [-0.3, -0.25) is 0 Å². The van der Waals surface area contributed by atoms with Gasteiger partial charge < -0.3 is 0 Å². The van der Waals surface area contributed by atoms with E-state index in [1.54, 1.807) is 20.8 Å². The molecule has 0 aromatic rings. The van der Waals surface area contributed by atoms with Crippen LogP contribution in [0.25, 0.3) is 0 Å². The molecule has 136 valence electrons. The Hall–Kier alpha value is 0.130. The molecule has 13 heteroatoms. The van der Waals surface area contributed by atoms with E-state index in [0.717, 1.165) is 0 Å². The van der Waals surface area contributed by atoms with E-state index in [-0.39, 0.29) is 0 Å². The number of halogens is 9. The molecule has 0 spiro atoms. The van der Waals surface area contributed by atoms with Crippen molar-refractivity contribution in [2.45, 2.75) is 63.0 Å². The Bertz CT molecular complexity index is 332. The van der Waals surface area contributed by atoms with E-state index >= 15 is 0 Å². The predicted molar refractivity (Wildman–Crippen MR) is 60.3 cm³/mol. The molecule has 2 nitrogen and oxygen atoms in total. The fourth-order valence-electron chi connectivity index (χ4n) is 2.03. The topological polar surface area (TPSA) is 18.5 Å². The molecule has 0 saturated carbocycles. The quantitative estimate of drug-likeness (QED) is 0.399. The molecule has 0 atom stereocenters. The van der Waals surface area contributed by atoms with Gasteiger partial charge in [0.2, 0.25) is 0 Å². The van der Waals surface area contributed by atoms with Gasteiger partial charge in [-0.1, -0.05) is 0 Å². The van der Waals surface area contributed by atoms with Gasteiger partial charge >= 0.3 is 136 Å². The van der Waals surface area contributed by atoms with Gasteiger partial charge in [-0.15, -0.1) is 0 Å². The van der Waals surface area contributed by atoms with Crippen LogP contribution in [0, 0.1) is 0 Å². The Kier molecular flexibility index (Phi) is 7.61. The van der Waals surface area contributed by atoms with Crippen molar-refractivity contribution >= 4 is 8.32 Å². The fraction of sp³-hybridized carbons (Fsp3) is 1.00. The average Bonchev–Trinajstić information content (AvgIpc) is 2.35. The Balaban J connectivity index is 5.61. The van der Waals surface area contributed by atoms with Crippen LogP contribution in [0.3, 0.4) is 0 Å². The van der Waals surface area contributed by atoms with Crippen LogP contribution >= 0.6 is 0 Å². The molecule has 0 aliphatic rings. The number of rotatable bonds is 7. The summed E-state index contributed by atoms with van der Waals surface area (Å²) in [6.07, 6.45) is -20.1. The normalized spacial score (nSPS) is 14.8. The first-order chi connectivity index (χ1) is 10.1. The van der Waals surface area contributed by atoms with Crippen molar-refractivity contribution in [2.75, 3.05) is 0 Å². The second kappa shape index (κ2) is 7.57. The van der Waals surface area contributed by atoms with Crippen LogP contribution in [0.15, 0.2) is 0 Å². The summed E-state index contributed by atoms with van der Waals surface area (Å²) >= 11 is -3.67. The summed E-state index contributed by atoms with van der Waals surface area (Å²) in [4.78, 5) is 0. The molecule has 0 heterocycles. The van der Waals surface area contributed by atoms with Crippen molar-refractivity contribution in [3.05, 3.63) is 0 Å². The van der Waals surface area contributed by atoms with Gasteiger partial charge in [-0.2, -0.15) is 0 Å². The van der Waals surface area contributed by atoms with E-state index in [1.807, 2.05) is 0 Å². The van der Waals surface area contributed by atoms with Crippen molar-refractivity contribution < 1.29 is 64.2 Å². The van der Waals surface area contributed by atoms with Crippen LogP contribution in [0.5, 0.6) is 0 Å². The SMILES string of the molecule is CC[Si](CC)(CC)[O][Zn][O]C(C(F)(F)F)(C(F)(F)F)C(F)(F)F. The van der Waals surface area contributed by atoms with Crippen LogP contribution in [0.1, 0.15) is 20.8 Å². The van der Waals surface area contributed by atoms with Crippen LogP contribution in [0.2, 0.25) is 18.1 Å². The Labute approximate surface area is 136 Å². The third-order valence-electron chi connectivity index (χ3n) is 3.77. The molecule has 0 aliphatic carbocycles. The van der Waals surface area contributed by atoms with Gasteiger partial charge in [0.05, 0.1) is 0 Å². The van der Waals surface area contributed by atoms with Crippen LogP contribution in [-0.4, -0.2) is 32.4 Å². The number of hydrogen-bond acceptors (Lipinski definition) is 2. The molecule has 0 aromatic heterocycles. The Morgan fingerprint density at radius 1 is 0.696 bits per heavy atom. The van der Waals surface area contributed by atoms with Gasteiger partial charge in [0, 0.05) is 0 Å². The first kappa shape index (κ1) is 23.1. The summed E-state index contributed by atoms with van der Waals surface area (Å²) in [5.41, 5.74) is -6.19. The third kappa shape index (κ3) is 4.60. The molecule has 0 N–H and O–H groups in total. The third-order valence-corrected chi connectivity index (χ3v) is 14.1. The minimum atomic E-state index is -6.69. The molecule has 0 unspecified atom stereocenters. The molecule has 0 saturated heterocycles. The van der Waals surface area contributed by atoms with E-state index in [4.69, 9.17) is 3.25 Å². The van der Waals surface area contributed by atoms with E-state index in [0.29, 0.717) is 18.1 Å². The van der Waals surface area contributed by atoms with E-state index in [2.05, 4.69) is 3.56 Å². The maximum atomic E-state index is 12.7. The summed E-state index contributed by atoms with van der Waals surface area (Å²) in [5, 5.41) is 0. The average molecular weight is 432 g/mol. The molecular formula is C10H15F9O2SiZn. The molecular weight excluding hydrogens is 417 g/mol. The summed E-state index contributed by atoms with van der Waals surface area (Å²) in [6, 6.07) is 1.10. The Morgan fingerprint density at radius 2 is 1.00 bits per heavy atom. The Morgan fingerprint density at radius 3 is 1.22 bits per heavy atom. The summed E-state index contributed by atoms with van der Waals surface area (Å²) in [5.74, 6) is 0. The molecule has 0 fully saturated rings. The minimum absolute atomic E-state index is 0.367. The van der Waals surface area contributed by atoms with E-state index in [9.17, 15) is 39.5 Å². The number of alkyl halides is 9. The van der Waals surface area contributed by atoms with Gasteiger partial charge in [0.25, 0.3) is 0 Å². The molecule has 0 amide bonds. The van der Waals surface area contributed by atoms with Gasteiger partial charge in [0.1, 0.15) is 0 Å². The van der Waals surface area contributed by atoms with Crippen LogP contribution in [0.4, 0.5) is 39.5 Å². The monoisotopic (exact) mass is 430 g/mol. The molecule has 0 bridgehead atoms. The van der Waals surface area contributed by atoms with Crippen molar-refractivity contribution in [1.29, 1.82) is 0 Å². The molecule has 0 rings (SSSR count). The second-order valence-electron chi connectivity index (χ2n) is 4.82. The van der Waals surface area contributed by atoms with Crippen molar-refractivity contribution in [3.63, 3.8) is 0 Å². The zero-order valence-corrected chi connectivity index (χ0v) is 16.5. The van der Waals surface area contributed by atoms with Crippen LogP contribution < -0.4 is 0 Å². The second-order valence-corrected chi connectivity index (χ2v) is 12.5. The standard InChI is InChI=1S/C6H15OSi.C4F9O.Zn/c1-4-8(7,5-2)6-3;5-2(6,7)1(14,3(8,9)10)4(11,12)13;/h4-6H2,1-3H3;;/q2*-1;+2. The van der Waals surface area contributed by atoms with Crippen molar-refractivity contribution in [2.24, 2.45) is 0 Å². The first-order valence-corrected chi connectivity index (χ1v) is 11.6.